The molecule has 2 aromatic rings. The van der Waals surface area contributed by atoms with Crippen LogP contribution < -0.4 is 21.1 Å². The monoisotopic (exact) mass is 331 g/mol. The van der Waals surface area contributed by atoms with Gasteiger partial charge in [-0.25, -0.2) is 9.78 Å². The molecular weight excluding hydrogens is 310 g/mol. The van der Waals surface area contributed by atoms with Crippen molar-refractivity contribution >= 4 is 11.8 Å². The molecule has 2 N–H and O–H groups in total. The van der Waals surface area contributed by atoms with Crippen molar-refractivity contribution in [1.82, 2.24) is 20.2 Å². The van der Waals surface area contributed by atoms with Crippen LogP contribution in [-0.4, -0.2) is 34.7 Å². The number of hydrogen-bond acceptors (Lipinski definition) is 5. The fourth-order valence-corrected chi connectivity index (χ4v) is 2.80. The lowest BCUT2D eigenvalue weighted by Crippen LogP contribution is -2.51. The number of anilines is 1. The number of hydrogen-bond donors (Lipinski definition) is 2. The molecule has 24 heavy (non-hydrogen) atoms. The summed E-state index contributed by atoms with van der Waals surface area (Å²) in [5.74, 6) is 0.435. The lowest BCUT2D eigenvalue weighted by molar-refractivity contribution is 0.234. The largest absolute Gasteiger partial charge is 0.472 e. The van der Waals surface area contributed by atoms with Gasteiger partial charge in [0, 0.05) is 50.7 Å². The zero-order valence-electron chi connectivity index (χ0n) is 13.6. The molecule has 1 fully saturated rings. The highest BCUT2D eigenvalue weighted by Crippen LogP contribution is 2.14. The number of carbonyl (C=O) groups excluding carboxylic acids is 1. The Kier molecular flexibility index (Phi) is 4.83. The lowest BCUT2D eigenvalue weighted by Gasteiger charge is -2.33. The van der Waals surface area contributed by atoms with E-state index >= 15 is 0 Å². The summed E-state index contributed by atoms with van der Waals surface area (Å²) < 4.78 is 6.47. The first-order valence-electron chi connectivity index (χ1n) is 7.95. The van der Waals surface area contributed by atoms with E-state index in [9.17, 15) is 9.59 Å². The number of nitrogens with zero attached hydrogens (tertiary/aromatic N) is 3. The van der Waals surface area contributed by atoms with Crippen LogP contribution >= 0.6 is 0 Å². The van der Waals surface area contributed by atoms with Crippen LogP contribution in [0, 0.1) is 0 Å². The maximum absolute atomic E-state index is 12.2. The molecular formula is C16H21N5O3. The highest BCUT2D eigenvalue weighted by atomic mass is 16.3. The van der Waals surface area contributed by atoms with Crippen molar-refractivity contribution < 1.29 is 9.21 Å². The summed E-state index contributed by atoms with van der Waals surface area (Å²) in [5, 5.41) is 5.75. The first-order valence-corrected chi connectivity index (χ1v) is 7.95. The Labute approximate surface area is 139 Å². The van der Waals surface area contributed by atoms with Gasteiger partial charge < -0.3 is 24.5 Å². The zero-order valence-corrected chi connectivity index (χ0v) is 13.6. The van der Waals surface area contributed by atoms with Crippen LogP contribution in [0.25, 0.3) is 0 Å². The fraction of sp³-hybridized carbons (Fsp3) is 0.438. The lowest BCUT2D eigenvalue weighted by atomic mass is 10.1. The molecule has 0 unspecified atom stereocenters. The number of urea groups is 1. The van der Waals surface area contributed by atoms with E-state index in [0.29, 0.717) is 18.9 Å². The molecule has 1 aliphatic rings. The molecule has 8 heteroatoms. The molecule has 8 nitrogen and oxygen atoms in total. The normalized spacial score (nSPS) is 17.5. The van der Waals surface area contributed by atoms with Crippen LogP contribution in [0.3, 0.4) is 0 Å². The Morgan fingerprint density at radius 2 is 2.38 bits per heavy atom. The van der Waals surface area contributed by atoms with Crippen molar-refractivity contribution in [1.29, 1.82) is 0 Å². The van der Waals surface area contributed by atoms with Crippen LogP contribution in [0.2, 0.25) is 0 Å². The fourth-order valence-electron chi connectivity index (χ4n) is 2.80. The quantitative estimate of drug-likeness (QED) is 0.866. The Bertz CT molecular complexity index is 740. The summed E-state index contributed by atoms with van der Waals surface area (Å²) in [4.78, 5) is 30.3. The third-order valence-electron chi connectivity index (χ3n) is 4.09. The van der Waals surface area contributed by atoms with Gasteiger partial charge in [-0.2, -0.15) is 0 Å². The molecule has 3 rings (SSSR count). The van der Waals surface area contributed by atoms with Gasteiger partial charge in [-0.3, -0.25) is 4.79 Å². The Morgan fingerprint density at radius 3 is 3.17 bits per heavy atom. The van der Waals surface area contributed by atoms with E-state index in [1.54, 1.807) is 38.0 Å². The molecule has 0 radical (unpaired) electrons. The van der Waals surface area contributed by atoms with Crippen molar-refractivity contribution in [3.63, 3.8) is 0 Å². The maximum atomic E-state index is 12.2. The van der Waals surface area contributed by atoms with Gasteiger partial charge in [0.25, 0.3) is 5.56 Å². The van der Waals surface area contributed by atoms with Gasteiger partial charge in [-0.15, -0.1) is 0 Å². The number of aryl methyl sites for hydroxylation is 1. The van der Waals surface area contributed by atoms with E-state index in [1.807, 2.05) is 4.90 Å². The van der Waals surface area contributed by atoms with E-state index in [4.69, 9.17) is 4.42 Å². The summed E-state index contributed by atoms with van der Waals surface area (Å²) in [6.07, 6.45) is 8.19. The van der Waals surface area contributed by atoms with E-state index in [2.05, 4.69) is 15.6 Å². The van der Waals surface area contributed by atoms with Gasteiger partial charge in [-0.1, -0.05) is 0 Å². The number of nitrogens with one attached hydrogen (secondary N) is 2. The van der Waals surface area contributed by atoms with E-state index in [0.717, 1.165) is 24.9 Å². The molecule has 0 bridgehead atoms. The van der Waals surface area contributed by atoms with Gasteiger partial charge >= 0.3 is 6.03 Å². The highest BCUT2D eigenvalue weighted by Gasteiger charge is 2.24. The Hall–Kier alpha value is -2.77. The summed E-state index contributed by atoms with van der Waals surface area (Å²) in [5.41, 5.74) is 0.787. The first kappa shape index (κ1) is 16.1. The number of carbonyl (C=O) groups is 1. The average Bonchev–Trinajstić information content (AvgIpc) is 3.09. The highest BCUT2D eigenvalue weighted by molar-refractivity contribution is 5.74. The SMILES string of the molecule is Cn1ccnc(N2CCC[C@H](NC(=O)NCc3ccoc3)C2)c1=O. The summed E-state index contributed by atoms with van der Waals surface area (Å²) in [6.45, 7) is 1.76. The summed E-state index contributed by atoms with van der Waals surface area (Å²) >= 11 is 0. The van der Waals surface area contributed by atoms with Crippen LogP contribution in [-0.2, 0) is 13.6 Å². The second-order valence-corrected chi connectivity index (χ2v) is 5.91. The van der Waals surface area contributed by atoms with Crippen LogP contribution in [0.4, 0.5) is 10.6 Å². The standard InChI is InChI=1S/C16H21N5O3/c1-20-7-5-17-14(15(20)22)21-6-2-3-13(10-21)19-16(23)18-9-12-4-8-24-11-12/h4-5,7-8,11,13H,2-3,6,9-10H2,1H3,(H2,18,19,23)/t13-/m0/s1. The molecule has 1 aliphatic heterocycles. The average molecular weight is 331 g/mol. The number of aromatic nitrogens is 2. The van der Waals surface area contributed by atoms with Gasteiger partial charge in [0.1, 0.15) is 0 Å². The Balaban J connectivity index is 1.56. The van der Waals surface area contributed by atoms with E-state index < -0.39 is 0 Å². The second kappa shape index (κ2) is 7.20. The Morgan fingerprint density at radius 1 is 1.50 bits per heavy atom. The number of amides is 2. The van der Waals surface area contributed by atoms with Crippen molar-refractivity contribution in [2.75, 3.05) is 18.0 Å². The number of furan rings is 1. The molecule has 1 saturated heterocycles. The van der Waals surface area contributed by atoms with Gasteiger partial charge in [0.2, 0.25) is 0 Å². The molecule has 1 atom stereocenters. The van der Waals surface area contributed by atoms with Crippen LogP contribution in [0.1, 0.15) is 18.4 Å². The van der Waals surface area contributed by atoms with Gasteiger partial charge in [0.05, 0.1) is 12.5 Å². The molecule has 0 saturated carbocycles. The molecule has 128 valence electrons. The van der Waals surface area contributed by atoms with Crippen molar-refractivity contribution in [3.05, 3.63) is 46.9 Å². The third kappa shape index (κ3) is 3.76. The molecule has 0 aromatic carbocycles. The minimum atomic E-state index is -0.225. The minimum Gasteiger partial charge on any atom is -0.472 e. The summed E-state index contributed by atoms with van der Waals surface area (Å²) in [7, 11) is 1.70. The molecule has 0 aliphatic carbocycles. The molecule has 2 amide bonds. The van der Waals surface area contributed by atoms with E-state index in [1.165, 1.54) is 4.57 Å². The number of rotatable bonds is 4. The third-order valence-corrected chi connectivity index (χ3v) is 4.09. The predicted molar refractivity (Wildman–Crippen MR) is 88.8 cm³/mol. The number of piperidine rings is 1. The molecule has 2 aromatic heterocycles. The van der Waals surface area contributed by atoms with Crippen molar-refractivity contribution in [2.45, 2.75) is 25.4 Å². The van der Waals surface area contributed by atoms with E-state index in [-0.39, 0.29) is 17.6 Å². The van der Waals surface area contributed by atoms with Gasteiger partial charge in [-0.05, 0) is 18.9 Å². The minimum absolute atomic E-state index is 0.0187. The first-order chi connectivity index (χ1) is 11.6. The smallest absolute Gasteiger partial charge is 0.315 e. The van der Waals surface area contributed by atoms with Gasteiger partial charge in [0.15, 0.2) is 5.82 Å². The molecule has 3 heterocycles. The van der Waals surface area contributed by atoms with Crippen LogP contribution in [0.5, 0.6) is 0 Å². The maximum Gasteiger partial charge on any atom is 0.315 e. The van der Waals surface area contributed by atoms with Crippen molar-refractivity contribution in [2.24, 2.45) is 7.05 Å². The summed E-state index contributed by atoms with van der Waals surface area (Å²) in [6, 6.07) is 1.56. The molecule has 0 spiro atoms. The topological polar surface area (TPSA) is 92.4 Å². The second-order valence-electron chi connectivity index (χ2n) is 5.91. The van der Waals surface area contributed by atoms with Crippen LogP contribution in [0.15, 0.2) is 40.2 Å². The predicted octanol–water partition coefficient (Wildman–Crippen LogP) is 0.841. The van der Waals surface area contributed by atoms with Crippen molar-refractivity contribution in [3.8, 4) is 0 Å². The zero-order chi connectivity index (χ0) is 16.9.